The van der Waals surface area contributed by atoms with Gasteiger partial charge in [-0.3, -0.25) is 0 Å². The Morgan fingerprint density at radius 2 is 2.05 bits per heavy atom. The van der Waals surface area contributed by atoms with Gasteiger partial charge in [-0.25, -0.2) is 0 Å². The molecule has 21 heavy (non-hydrogen) atoms. The minimum Gasteiger partial charge on any atom is -0.374 e. The Morgan fingerprint density at radius 1 is 1.24 bits per heavy atom. The summed E-state index contributed by atoms with van der Waals surface area (Å²) in [7, 11) is 2.24. The fraction of sp³-hybridized carbons (Fsp3) is 0.684. The van der Waals surface area contributed by atoms with Crippen molar-refractivity contribution in [2.45, 2.75) is 58.9 Å². The van der Waals surface area contributed by atoms with Gasteiger partial charge in [-0.2, -0.15) is 0 Å². The second-order valence-corrected chi connectivity index (χ2v) is 6.75. The van der Waals surface area contributed by atoms with Gasteiger partial charge in [0.05, 0.1) is 0 Å². The molecule has 1 aliphatic rings. The number of nitrogens with zero attached hydrogens (tertiary/aromatic N) is 1. The van der Waals surface area contributed by atoms with Gasteiger partial charge in [-0.15, -0.1) is 0 Å². The van der Waals surface area contributed by atoms with Crippen LogP contribution in [0.4, 0.5) is 5.69 Å². The number of hydrogen-bond donors (Lipinski definition) is 1. The van der Waals surface area contributed by atoms with Crippen LogP contribution in [0, 0.1) is 19.8 Å². The molecule has 0 aliphatic heterocycles. The highest BCUT2D eigenvalue weighted by Gasteiger charge is 2.26. The number of aryl methyl sites for hydroxylation is 2. The molecule has 2 unspecified atom stereocenters. The summed E-state index contributed by atoms with van der Waals surface area (Å²) in [6.45, 7) is 8.98. The number of rotatable bonds is 7. The molecular weight excluding hydrogens is 256 g/mol. The summed E-state index contributed by atoms with van der Waals surface area (Å²) in [5, 5.41) is 3.75. The van der Waals surface area contributed by atoms with E-state index in [1.54, 1.807) is 0 Å². The Labute approximate surface area is 130 Å². The first-order valence-corrected chi connectivity index (χ1v) is 8.63. The summed E-state index contributed by atoms with van der Waals surface area (Å²) >= 11 is 0. The van der Waals surface area contributed by atoms with Gasteiger partial charge in [0.15, 0.2) is 0 Å². The summed E-state index contributed by atoms with van der Waals surface area (Å²) in [4.78, 5) is 2.43. The van der Waals surface area contributed by atoms with Crippen LogP contribution in [0.15, 0.2) is 18.2 Å². The quantitative estimate of drug-likeness (QED) is 0.805. The number of benzene rings is 1. The molecule has 1 fully saturated rings. The molecule has 118 valence electrons. The van der Waals surface area contributed by atoms with Crippen molar-refractivity contribution >= 4 is 5.69 Å². The maximum Gasteiger partial charge on any atom is 0.0393 e. The molecule has 0 aromatic heterocycles. The van der Waals surface area contributed by atoms with Gasteiger partial charge in [0, 0.05) is 25.3 Å². The van der Waals surface area contributed by atoms with Crippen molar-refractivity contribution in [2.75, 3.05) is 25.0 Å². The molecule has 1 aromatic rings. The van der Waals surface area contributed by atoms with Crippen molar-refractivity contribution in [3.63, 3.8) is 0 Å². The molecule has 0 bridgehead atoms. The lowest BCUT2D eigenvalue weighted by Crippen LogP contribution is -2.34. The Morgan fingerprint density at radius 3 is 2.76 bits per heavy atom. The minimum absolute atomic E-state index is 0.762. The van der Waals surface area contributed by atoms with E-state index in [1.807, 2.05) is 0 Å². The zero-order valence-electron chi connectivity index (χ0n) is 14.3. The first-order chi connectivity index (χ1) is 10.1. The Kier molecular flexibility index (Phi) is 6.10. The number of anilines is 1. The van der Waals surface area contributed by atoms with E-state index in [4.69, 9.17) is 0 Å². The predicted octanol–water partition coefficient (Wildman–Crippen LogP) is 4.30. The van der Waals surface area contributed by atoms with Gasteiger partial charge >= 0.3 is 0 Å². The van der Waals surface area contributed by atoms with Crippen LogP contribution in [0.25, 0.3) is 0 Å². The summed E-state index contributed by atoms with van der Waals surface area (Å²) in [5.41, 5.74) is 4.13. The van der Waals surface area contributed by atoms with E-state index in [-0.39, 0.29) is 0 Å². The van der Waals surface area contributed by atoms with E-state index >= 15 is 0 Å². The highest BCUT2D eigenvalue weighted by atomic mass is 15.1. The lowest BCUT2D eigenvalue weighted by Gasteiger charge is -2.26. The molecule has 1 saturated carbocycles. The fourth-order valence-corrected chi connectivity index (χ4v) is 3.69. The van der Waals surface area contributed by atoms with Crippen molar-refractivity contribution in [3.05, 3.63) is 29.3 Å². The van der Waals surface area contributed by atoms with Gasteiger partial charge in [-0.05, 0) is 63.6 Å². The maximum atomic E-state index is 3.75. The van der Waals surface area contributed by atoms with Gasteiger partial charge in [0.2, 0.25) is 0 Å². The molecule has 2 atom stereocenters. The molecule has 2 heteroatoms. The molecule has 0 saturated heterocycles. The maximum absolute atomic E-state index is 3.75. The molecular formula is C19H32N2. The Hall–Kier alpha value is -1.02. The lowest BCUT2D eigenvalue weighted by atomic mass is 9.98. The minimum atomic E-state index is 0.762. The molecule has 0 radical (unpaired) electrons. The molecule has 1 aliphatic carbocycles. The molecule has 0 heterocycles. The number of nitrogens with one attached hydrogen (secondary N) is 1. The largest absolute Gasteiger partial charge is 0.374 e. The Bertz CT molecular complexity index is 441. The van der Waals surface area contributed by atoms with E-state index in [0.29, 0.717) is 0 Å². The third kappa shape index (κ3) is 4.47. The van der Waals surface area contributed by atoms with Crippen LogP contribution in [0.5, 0.6) is 0 Å². The summed E-state index contributed by atoms with van der Waals surface area (Å²) < 4.78 is 0. The summed E-state index contributed by atoms with van der Waals surface area (Å²) in [6.07, 6.45) is 6.73. The second-order valence-electron chi connectivity index (χ2n) is 6.75. The Balaban J connectivity index is 1.86. The standard InChI is InChI=1S/C19H32N2/c1-5-12-20-18-8-6-7-17(18)11-13-21(4)19-10-9-15(2)14-16(19)3/h9-10,14,17-18,20H,5-8,11-13H2,1-4H3. The molecule has 1 N–H and O–H groups in total. The summed E-state index contributed by atoms with van der Waals surface area (Å²) in [6, 6.07) is 7.54. The highest BCUT2D eigenvalue weighted by Crippen LogP contribution is 2.29. The monoisotopic (exact) mass is 288 g/mol. The third-order valence-corrected chi connectivity index (χ3v) is 4.91. The van der Waals surface area contributed by atoms with Crippen LogP contribution in [-0.4, -0.2) is 26.2 Å². The molecule has 1 aromatic carbocycles. The van der Waals surface area contributed by atoms with Crippen molar-refractivity contribution in [2.24, 2.45) is 5.92 Å². The predicted molar refractivity (Wildman–Crippen MR) is 93.2 cm³/mol. The van der Waals surface area contributed by atoms with Crippen LogP contribution >= 0.6 is 0 Å². The van der Waals surface area contributed by atoms with Gasteiger partial charge in [0.1, 0.15) is 0 Å². The zero-order valence-corrected chi connectivity index (χ0v) is 14.3. The van der Waals surface area contributed by atoms with E-state index in [1.165, 1.54) is 62.0 Å². The highest BCUT2D eigenvalue weighted by molar-refractivity contribution is 5.53. The molecule has 2 rings (SSSR count). The van der Waals surface area contributed by atoms with Crippen molar-refractivity contribution in [1.29, 1.82) is 0 Å². The van der Waals surface area contributed by atoms with E-state index in [0.717, 1.165) is 12.0 Å². The van der Waals surface area contributed by atoms with Gasteiger partial charge in [-0.1, -0.05) is 31.0 Å². The smallest absolute Gasteiger partial charge is 0.0393 e. The zero-order chi connectivity index (χ0) is 15.2. The van der Waals surface area contributed by atoms with Crippen LogP contribution < -0.4 is 10.2 Å². The van der Waals surface area contributed by atoms with Crippen molar-refractivity contribution in [3.8, 4) is 0 Å². The van der Waals surface area contributed by atoms with Gasteiger partial charge < -0.3 is 10.2 Å². The SMILES string of the molecule is CCCNC1CCCC1CCN(C)c1ccc(C)cc1C. The van der Waals surface area contributed by atoms with Crippen molar-refractivity contribution < 1.29 is 0 Å². The van der Waals surface area contributed by atoms with E-state index < -0.39 is 0 Å². The number of hydrogen-bond acceptors (Lipinski definition) is 2. The van der Waals surface area contributed by atoms with Crippen LogP contribution in [0.3, 0.4) is 0 Å². The normalized spacial score (nSPS) is 21.7. The summed E-state index contributed by atoms with van der Waals surface area (Å²) in [5.74, 6) is 0.866. The first kappa shape index (κ1) is 16.4. The molecule has 2 nitrogen and oxygen atoms in total. The average molecular weight is 288 g/mol. The van der Waals surface area contributed by atoms with Crippen LogP contribution in [-0.2, 0) is 0 Å². The first-order valence-electron chi connectivity index (χ1n) is 8.63. The van der Waals surface area contributed by atoms with Crippen molar-refractivity contribution in [1.82, 2.24) is 5.32 Å². The average Bonchev–Trinajstić information content (AvgIpc) is 2.90. The van der Waals surface area contributed by atoms with E-state index in [9.17, 15) is 0 Å². The van der Waals surface area contributed by atoms with Crippen LogP contribution in [0.1, 0.15) is 50.2 Å². The fourth-order valence-electron chi connectivity index (χ4n) is 3.69. The molecule has 0 spiro atoms. The lowest BCUT2D eigenvalue weighted by molar-refractivity contribution is 0.382. The molecule has 0 amide bonds. The third-order valence-electron chi connectivity index (χ3n) is 4.91. The van der Waals surface area contributed by atoms with Gasteiger partial charge in [0.25, 0.3) is 0 Å². The van der Waals surface area contributed by atoms with E-state index in [2.05, 4.69) is 56.2 Å². The van der Waals surface area contributed by atoms with Crippen LogP contribution in [0.2, 0.25) is 0 Å². The topological polar surface area (TPSA) is 15.3 Å². The second kappa shape index (κ2) is 7.84.